The van der Waals surface area contributed by atoms with Crippen molar-refractivity contribution in [2.45, 2.75) is 33.2 Å². The number of nitrogens with zero attached hydrogens (tertiary/aromatic N) is 1. The predicted octanol–water partition coefficient (Wildman–Crippen LogP) is 2.56. The lowest BCUT2D eigenvalue weighted by Gasteiger charge is -2.41. The van der Waals surface area contributed by atoms with Gasteiger partial charge >= 0.3 is 0 Å². The highest BCUT2D eigenvalue weighted by Gasteiger charge is 2.32. The zero-order valence-electron chi connectivity index (χ0n) is 12.3. The maximum absolute atomic E-state index is 12.6. The molecule has 108 valence electrons. The first-order valence-electron chi connectivity index (χ1n) is 7.11. The van der Waals surface area contributed by atoms with Crippen molar-refractivity contribution in [3.63, 3.8) is 0 Å². The zero-order chi connectivity index (χ0) is 14.7. The monoisotopic (exact) mass is 290 g/mol. The van der Waals surface area contributed by atoms with E-state index in [2.05, 4.69) is 32.6 Å². The van der Waals surface area contributed by atoms with Crippen LogP contribution in [0.1, 0.15) is 42.4 Å². The van der Waals surface area contributed by atoms with E-state index in [9.17, 15) is 4.79 Å². The molecule has 0 aromatic carbocycles. The van der Waals surface area contributed by atoms with Gasteiger partial charge in [-0.05, 0) is 31.2 Å². The Kier molecular flexibility index (Phi) is 4.85. The fourth-order valence-electron chi connectivity index (χ4n) is 2.80. The minimum absolute atomic E-state index is 0.132. The Balaban J connectivity index is 2.15. The molecule has 2 N–H and O–H groups in total. The summed E-state index contributed by atoms with van der Waals surface area (Å²) < 4.78 is 0. The lowest BCUT2D eigenvalue weighted by molar-refractivity contribution is 0.0456. The standard InChI is InChI=1S/C16H22N2OS/c1-11-7-12(2)13(3)18(9-11)16(19)14-8-15(20-10-14)5-4-6-17/h8,10-13H,6-7,9,17H2,1-3H3. The Hall–Kier alpha value is -1.31. The van der Waals surface area contributed by atoms with Gasteiger partial charge in [-0.15, -0.1) is 11.3 Å². The van der Waals surface area contributed by atoms with Crippen LogP contribution >= 0.6 is 11.3 Å². The van der Waals surface area contributed by atoms with Crippen LogP contribution in [-0.2, 0) is 0 Å². The molecule has 0 saturated carbocycles. The topological polar surface area (TPSA) is 46.3 Å². The number of piperidine rings is 1. The number of nitrogens with two attached hydrogens (primary N) is 1. The molecule has 1 aliphatic heterocycles. The quantitative estimate of drug-likeness (QED) is 0.808. The number of thiophene rings is 1. The summed E-state index contributed by atoms with van der Waals surface area (Å²) >= 11 is 1.51. The molecule has 4 heteroatoms. The molecular weight excluding hydrogens is 268 g/mol. The maximum Gasteiger partial charge on any atom is 0.255 e. The molecule has 0 radical (unpaired) electrons. The fraction of sp³-hybridized carbons (Fsp3) is 0.562. The molecule has 2 rings (SSSR count). The van der Waals surface area contributed by atoms with Crippen LogP contribution in [0.2, 0.25) is 0 Å². The van der Waals surface area contributed by atoms with Crippen LogP contribution in [0.15, 0.2) is 11.4 Å². The maximum atomic E-state index is 12.6. The third-order valence-corrected chi connectivity index (χ3v) is 4.86. The van der Waals surface area contributed by atoms with E-state index in [0.717, 1.165) is 17.0 Å². The van der Waals surface area contributed by atoms with E-state index in [4.69, 9.17) is 5.73 Å². The highest BCUT2D eigenvalue weighted by Crippen LogP contribution is 2.28. The average molecular weight is 290 g/mol. The molecule has 0 spiro atoms. The second kappa shape index (κ2) is 6.43. The highest BCUT2D eigenvalue weighted by molar-refractivity contribution is 7.10. The number of likely N-dealkylation sites (tertiary alicyclic amines) is 1. The molecule has 1 aromatic heterocycles. The second-order valence-electron chi connectivity index (χ2n) is 5.72. The van der Waals surface area contributed by atoms with E-state index >= 15 is 0 Å². The van der Waals surface area contributed by atoms with E-state index in [1.807, 2.05) is 16.3 Å². The summed E-state index contributed by atoms with van der Waals surface area (Å²) in [5, 5.41) is 1.90. The predicted molar refractivity (Wildman–Crippen MR) is 83.7 cm³/mol. The van der Waals surface area contributed by atoms with Gasteiger partial charge in [-0.3, -0.25) is 4.79 Å². The summed E-state index contributed by atoms with van der Waals surface area (Å²) in [5.74, 6) is 7.06. The van der Waals surface area contributed by atoms with Crippen molar-refractivity contribution in [3.8, 4) is 11.8 Å². The van der Waals surface area contributed by atoms with Crippen molar-refractivity contribution < 1.29 is 4.79 Å². The summed E-state index contributed by atoms with van der Waals surface area (Å²) in [7, 11) is 0. The number of carbonyl (C=O) groups is 1. The van der Waals surface area contributed by atoms with Crippen molar-refractivity contribution >= 4 is 17.2 Å². The number of hydrogen-bond acceptors (Lipinski definition) is 3. The molecule has 0 aliphatic carbocycles. The Morgan fingerprint density at radius 2 is 2.25 bits per heavy atom. The lowest BCUT2D eigenvalue weighted by Crippen LogP contribution is -2.48. The lowest BCUT2D eigenvalue weighted by atomic mass is 9.85. The van der Waals surface area contributed by atoms with Gasteiger partial charge in [0.15, 0.2) is 0 Å². The van der Waals surface area contributed by atoms with Crippen LogP contribution in [0.3, 0.4) is 0 Å². The van der Waals surface area contributed by atoms with Crippen LogP contribution < -0.4 is 5.73 Å². The fourth-order valence-corrected chi connectivity index (χ4v) is 3.55. The minimum atomic E-state index is 0.132. The third-order valence-electron chi connectivity index (χ3n) is 4.02. The molecule has 2 heterocycles. The number of hydrogen-bond donors (Lipinski definition) is 1. The first kappa shape index (κ1) is 15.1. The summed E-state index contributed by atoms with van der Waals surface area (Å²) in [4.78, 5) is 15.6. The SMILES string of the molecule is CC1CC(C)C(C)N(C(=O)c2csc(C#CCN)c2)C1. The van der Waals surface area contributed by atoms with Crippen LogP contribution in [-0.4, -0.2) is 29.9 Å². The normalized spacial score (nSPS) is 26.0. The molecule has 20 heavy (non-hydrogen) atoms. The molecule has 1 aliphatic rings. The van der Waals surface area contributed by atoms with Crippen LogP contribution in [0.4, 0.5) is 0 Å². The molecule has 1 aromatic rings. The van der Waals surface area contributed by atoms with Gasteiger partial charge < -0.3 is 10.6 Å². The highest BCUT2D eigenvalue weighted by atomic mass is 32.1. The van der Waals surface area contributed by atoms with Crippen molar-refractivity contribution in [1.29, 1.82) is 0 Å². The largest absolute Gasteiger partial charge is 0.335 e. The van der Waals surface area contributed by atoms with Crippen molar-refractivity contribution in [3.05, 3.63) is 21.9 Å². The zero-order valence-corrected chi connectivity index (χ0v) is 13.2. The first-order valence-corrected chi connectivity index (χ1v) is 7.99. The Bertz CT molecular complexity index is 540. The van der Waals surface area contributed by atoms with Crippen LogP contribution in [0.5, 0.6) is 0 Å². The molecule has 1 amide bonds. The van der Waals surface area contributed by atoms with E-state index in [0.29, 0.717) is 24.4 Å². The van der Waals surface area contributed by atoms with Gasteiger partial charge in [0.05, 0.1) is 17.0 Å². The molecule has 1 saturated heterocycles. The Labute approximate surface area is 125 Å². The van der Waals surface area contributed by atoms with Crippen molar-refractivity contribution in [2.24, 2.45) is 17.6 Å². The van der Waals surface area contributed by atoms with E-state index in [1.54, 1.807) is 0 Å². The molecule has 3 atom stereocenters. The van der Waals surface area contributed by atoms with E-state index < -0.39 is 0 Å². The summed E-state index contributed by atoms with van der Waals surface area (Å²) in [6.07, 6.45) is 1.20. The molecule has 3 nitrogen and oxygen atoms in total. The first-order chi connectivity index (χ1) is 9.52. The average Bonchev–Trinajstić information content (AvgIpc) is 2.88. The van der Waals surface area contributed by atoms with Gasteiger partial charge in [0.2, 0.25) is 0 Å². The van der Waals surface area contributed by atoms with Crippen LogP contribution in [0.25, 0.3) is 0 Å². The molecular formula is C16H22N2OS. The smallest absolute Gasteiger partial charge is 0.255 e. The van der Waals surface area contributed by atoms with Gasteiger partial charge in [-0.25, -0.2) is 0 Å². The van der Waals surface area contributed by atoms with E-state index in [-0.39, 0.29) is 5.91 Å². The summed E-state index contributed by atoms with van der Waals surface area (Å²) in [6, 6.07) is 2.18. The second-order valence-corrected chi connectivity index (χ2v) is 6.63. The Morgan fingerprint density at radius 1 is 1.50 bits per heavy atom. The van der Waals surface area contributed by atoms with Gasteiger partial charge in [0, 0.05) is 18.0 Å². The molecule has 0 bridgehead atoms. The third kappa shape index (κ3) is 3.23. The summed E-state index contributed by atoms with van der Waals surface area (Å²) in [5.41, 5.74) is 6.12. The van der Waals surface area contributed by atoms with E-state index in [1.165, 1.54) is 17.8 Å². The van der Waals surface area contributed by atoms with Gasteiger partial charge in [0.1, 0.15) is 0 Å². The molecule has 1 fully saturated rings. The molecule has 3 unspecified atom stereocenters. The van der Waals surface area contributed by atoms with Crippen LogP contribution in [0, 0.1) is 23.7 Å². The number of amides is 1. The minimum Gasteiger partial charge on any atom is -0.335 e. The van der Waals surface area contributed by atoms with Gasteiger partial charge in [-0.2, -0.15) is 0 Å². The van der Waals surface area contributed by atoms with Gasteiger partial charge in [-0.1, -0.05) is 25.7 Å². The Morgan fingerprint density at radius 3 is 2.95 bits per heavy atom. The number of carbonyl (C=O) groups excluding carboxylic acids is 1. The van der Waals surface area contributed by atoms with Crippen molar-refractivity contribution in [2.75, 3.05) is 13.1 Å². The number of rotatable bonds is 1. The van der Waals surface area contributed by atoms with Crippen molar-refractivity contribution in [1.82, 2.24) is 4.90 Å². The summed E-state index contributed by atoms with van der Waals surface area (Å²) in [6.45, 7) is 7.79. The van der Waals surface area contributed by atoms with Gasteiger partial charge in [0.25, 0.3) is 5.91 Å².